The van der Waals surface area contributed by atoms with Gasteiger partial charge in [-0.3, -0.25) is 5.10 Å². The monoisotopic (exact) mass is 332 g/mol. The van der Waals surface area contributed by atoms with Gasteiger partial charge in [-0.25, -0.2) is 4.39 Å². The first-order chi connectivity index (χ1) is 8.59. The zero-order valence-electron chi connectivity index (χ0n) is 9.38. The highest BCUT2D eigenvalue weighted by Crippen LogP contribution is 2.43. The lowest BCUT2D eigenvalue weighted by molar-refractivity contribution is 0.181. The van der Waals surface area contributed by atoms with Crippen molar-refractivity contribution in [1.82, 2.24) is 10.2 Å². The van der Waals surface area contributed by atoms with Crippen LogP contribution < -0.4 is 0 Å². The molecule has 2 atom stereocenters. The van der Waals surface area contributed by atoms with Crippen LogP contribution in [0.3, 0.4) is 0 Å². The fraction of sp³-hybridized carbons (Fsp3) is 0.417. The first-order valence-corrected chi connectivity index (χ1v) is 6.94. The highest BCUT2D eigenvalue weighted by atomic mass is 79.9. The smallest absolute Gasteiger partial charge is 0.148 e. The SMILES string of the molecule is OC1CCC(c2c(F)c(Cl)c(Br)c3cn[nH]c23)C1. The molecule has 2 unspecified atom stereocenters. The number of aromatic nitrogens is 2. The van der Waals surface area contributed by atoms with Crippen LogP contribution in [0, 0.1) is 5.82 Å². The molecule has 0 bridgehead atoms. The van der Waals surface area contributed by atoms with E-state index in [0.717, 1.165) is 11.8 Å². The van der Waals surface area contributed by atoms with Crippen LogP contribution in [-0.2, 0) is 0 Å². The summed E-state index contributed by atoms with van der Waals surface area (Å²) in [4.78, 5) is 0. The van der Waals surface area contributed by atoms with E-state index >= 15 is 0 Å². The number of nitrogens with one attached hydrogen (secondary N) is 1. The van der Waals surface area contributed by atoms with Gasteiger partial charge in [-0.15, -0.1) is 0 Å². The fourth-order valence-corrected chi connectivity index (χ4v) is 3.38. The summed E-state index contributed by atoms with van der Waals surface area (Å²) in [6, 6.07) is 0. The first kappa shape index (κ1) is 12.4. The van der Waals surface area contributed by atoms with Crippen molar-refractivity contribution >= 4 is 38.4 Å². The second kappa shape index (κ2) is 4.47. The van der Waals surface area contributed by atoms with Crippen molar-refractivity contribution in [2.24, 2.45) is 0 Å². The van der Waals surface area contributed by atoms with E-state index in [1.807, 2.05) is 0 Å². The predicted octanol–water partition coefficient (Wildman–Crippen LogP) is 3.75. The number of aliphatic hydroxyl groups is 1. The molecule has 1 saturated carbocycles. The lowest BCUT2D eigenvalue weighted by Crippen LogP contribution is -2.03. The molecule has 18 heavy (non-hydrogen) atoms. The van der Waals surface area contributed by atoms with Crippen molar-refractivity contribution in [3.8, 4) is 0 Å². The Hall–Kier alpha value is -0.650. The van der Waals surface area contributed by atoms with Gasteiger partial charge in [0.1, 0.15) is 5.82 Å². The molecule has 2 N–H and O–H groups in total. The largest absolute Gasteiger partial charge is 0.393 e. The summed E-state index contributed by atoms with van der Waals surface area (Å²) in [6.07, 6.45) is 3.31. The number of hydrogen-bond acceptors (Lipinski definition) is 2. The maximum Gasteiger partial charge on any atom is 0.148 e. The minimum absolute atomic E-state index is 0.00597. The summed E-state index contributed by atoms with van der Waals surface area (Å²) in [5.74, 6) is -0.423. The summed E-state index contributed by atoms with van der Waals surface area (Å²) in [7, 11) is 0. The van der Waals surface area contributed by atoms with Crippen molar-refractivity contribution in [3.05, 3.63) is 27.1 Å². The van der Waals surface area contributed by atoms with Crippen molar-refractivity contribution < 1.29 is 9.50 Å². The quantitative estimate of drug-likeness (QED) is 0.781. The van der Waals surface area contributed by atoms with Gasteiger partial charge in [-0.05, 0) is 41.1 Å². The Kier molecular flexibility index (Phi) is 3.08. The summed E-state index contributed by atoms with van der Waals surface area (Å²) in [5.41, 5.74) is 1.22. The number of benzene rings is 1. The van der Waals surface area contributed by atoms with Gasteiger partial charge in [0.2, 0.25) is 0 Å². The standard InChI is InChI=1S/C12H11BrClFN2O/c13-9-7-4-16-17-12(7)8(11(15)10(9)14)5-1-2-6(18)3-5/h4-6,18H,1-3H2,(H,16,17). The average Bonchev–Trinajstić information content (AvgIpc) is 2.96. The third-order valence-electron chi connectivity index (χ3n) is 3.58. The van der Waals surface area contributed by atoms with Gasteiger partial charge in [-0.1, -0.05) is 11.6 Å². The van der Waals surface area contributed by atoms with Crippen LogP contribution in [0.1, 0.15) is 30.7 Å². The first-order valence-electron chi connectivity index (χ1n) is 5.77. The summed E-state index contributed by atoms with van der Waals surface area (Å²) in [5, 5.41) is 17.2. The maximum atomic E-state index is 14.4. The van der Waals surface area contributed by atoms with Crippen molar-refractivity contribution in [1.29, 1.82) is 0 Å². The van der Waals surface area contributed by atoms with Gasteiger partial charge in [0, 0.05) is 10.9 Å². The lowest BCUT2D eigenvalue weighted by Gasteiger charge is -2.14. The molecule has 1 fully saturated rings. The Morgan fingerprint density at radius 2 is 2.28 bits per heavy atom. The van der Waals surface area contributed by atoms with E-state index in [1.165, 1.54) is 0 Å². The molecule has 1 heterocycles. The highest BCUT2D eigenvalue weighted by molar-refractivity contribution is 9.10. The van der Waals surface area contributed by atoms with Crippen LogP contribution >= 0.6 is 27.5 Å². The Balaban J connectivity index is 2.24. The molecule has 1 aromatic carbocycles. The molecule has 96 valence electrons. The van der Waals surface area contributed by atoms with Crippen molar-refractivity contribution in [2.45, 2.75) is 31.3 Å². The van der Waals surface area contributed by atoms with Gasteiger partial charge in [0.05, 0.1) is 27.3 Å². The second-order valence-corrected chi connectivity index (χ2v) is 5.85. The molecule has 0 radical (unpaired) electrons. The van der Waals surface area contributed by atoms with Crippen LogP contribution in [0.2, 0.25) is 5.02 Å². The number of fused-ring (bicyclic) bond motifs is 1. The predicted molar refractivity (Wildman–Crippen MR) is 71.4 cm³/mol. The van der Waals surface area contributed by atoms with Crippen LogP contribution in [0.4, 0.5) is 4.39 Å². The Bertz CT molecular complexity index is 616. The van der Waals surface area contributed by atoms with Gasteiger partial charge in [0.25, 0.3) is 0 Å². The number of aromatic amines is 1. The van der Waals surface area contributed by atoms with E-state index in [9.17, 15) is 9.50 Å². The second-order valence-electron chi connectivity index (χ2n) is 4.68. The molecule has 0 aliphatic heterocycles. The minimum atomic E-state index is -0.417. The number of rotatable bonds is 1. The van der Waals surface area contributed by atoms with Gasteiger partial charge >= 0.3 is 0 Å². The zero-order chi connectivity index (χ0) is 12.9. The molecule has 6 heteroatoms. The lowest BCUT2D eigenvalue weighted by atomic mass is 9.95. The molecule has 1 aromatic heterocycles. The molecule has 1 aliphatic rings. The van der Waals surface area contributed by atoms with E-state index in [-0.39, 0.29) is 17.0 Å². The number of aliphatic hydroxyl groups excluding tert-OH is 1. The van der Waals surface area contributed by atoms with Gasteiger partial charge in [0.15, 0.2) is 0 Å². The van der Waals surface area contributed by atoms with Crippen molar-refractivity contribution in [3.63, 3.8) is 0 Å². The summed E-state index contributed by atoms with van der Waals surface area (Å²) < 4.78 is 14.9. The van der Waals surface area contributed by atoms with Crippen LogP contribution in [0.25, 0.3) is 10.9 Å². The molecule has 3 rings (SSSR count). The van der Waals surface area contributed by atoms with Crippen molar-refractivity contribution in [2.75, 3.05) is 0 Å². The third kappa shape index (κ3) is 1.76. The van der Waals surface area contributed by atoms with Gasteiger partial charge in [-0.2, -0.15) is 5.10 Å². The minimum Gasteiger partial charge on any atom is -0.393 e. The van der Waals surface area contributed by atoms with Crippen LogP contribution in [0.5, 0.6) is 0 Å². The molecule has 0 spiro atoms. The molecule has 0 amide bonds. The topological polar surface area (TPSA) is 48.9 Å². The van der Waals surface area contributed by atoms with E-state index < -0.39 is 5.82 Å². The molecule has 0 saturated heterocycles. The third-order valence-corrected chi connectivity index (χ3v) is 4.99. The molecule has 2 aromatic rings. The molecular formula is C12H11BrClFN2O. The number of hydrogen-bond donors (Lipinski definition) is 2. The molecule has 3 nitrogen and oxygen atoms in total. The Morgan fingerprint density at radius 1 is 1.50 bits per heavy atom. The van der Waals surface area contributed by atoms with E-state index in [0.29, 0.717) is 28.4 Å². The van der Waals surface area contributed by atoms with E-state index in [1.54, 1.807) is 6.20 Å². The number of H-pyrrole nitrogens is 1. The van der Waals surface area contributed by atoms with E-state index in [2.05, 4.69) is 26.1 Å². The average molecular weight is 334 g/mol. The van der Waals surface area contributed by atoms with Gasteiger partial charge < -0.3 is 5.11 Å². The van der Waals surface area contributed by atoms with E-state index in [4.69, 9.17) is 11.6 Å². The van der Waals surface area contributed by atoms with Crippen LogP contribution in [-0.4, -0.2) is 21.4 Å². The molecule has 1 aliphatic carbocycles. The summed E-state index contributed by atoms with van der Waals surface area (Å²) >= 11 is 9.29. The number of nitrogens with zero attached hydrogens (tertiary/aromatic N) is 1. The normalized spacial score (nSPS) is 24.0. The Morgan fingerprint density at radius 3 is 2.94 bits per heavy atom. The zero-order valence-corrected chi connectivity index (χ0v) is 11.7. The number of halogens is 3. The summed E-state index contributed by atoms with van der Waals surface area (Å²) in [6.45, 7) is 0. The fourth-order valence-electron chi connectivity index (χ4n) is 2.70. The Labute approximate surface area is 116 Å². The molecular weight excluding hydrogens is 323 g/mol. The maximum absolute atomic E-state index is 14.4. The highest BCUT2D eigenvalue weighted by Gasteiger charge is 2.30. The van der Waals surface area contributed by atoms with Crippen LogP contribution in [0.15, 0.2) is 10.7 Å².